The van der Waals surface area contributed by atoms with Gasteiger partial charge in [-0.25, -0.2) is 4.79 Å². The fraction of sp³-hybridized carbons (Fsp3) is 0.207. The number of nitro benzene ring substituents is 1. The lowest BCUT2D eigenvalue weighted by Crippen LogP contribution is -2.36. The predicted molar refractivity (Wildman–Crippen MR) is 145 cm³/mol. The third-order valence-electron chi connectivity index (χ3n) is 6.68. The zero-order chi connectivity index (χ0) is 29.1. The quantitative estimate of drug-likeness (QED) is 0.208. The largest absolute Gasteiger partial charge is 0.468 e. The molecule has 1 aromatic heterocycles. The molecule has 202 valence electrons. The smallest absolute Gasteiger partial charge is 0.341 e. The number of carbonyl (C=O) groups is 2. The van der Waals surface area contributed by atoms with Gasteiger partial charge in [-0.1, -0.05) is 24.3 Å². The molecule has 2 heterocycles. The molecular weight excluding hydrogens is 516 g/mol. The number of allylic oxidation sites excluding steroid dienone is 1. The summed E-state index contributed by atoms with van der Waals surface area (Å²) in [6.45, 7) is 4.94. The molecule has 0 fully saturated rings. The number of methoxy groups -OCH3 is 1. The van der Waals surface area contributed by atoms with Gasteiger partial charge in [0.05, 0.1) is 17.6 Å². The van der Waals surface area contributed by atoms with E-state index < -0.39 is 34.3 Å². The maximum atomic E-state index is 13.6. The first-order valence-corrected chi connectivity index (χ1v) is 12.1. The summed E-state index contributed by atoms with van der Waals surface area (Å²) in [5.74, 6) is -3.18. The minimum atomic E-state index is -1.00. The van der Waals surface area contributed by atoms with Crippen LogP contribution in [0, 0.1) is 34.3 Å². The highest BCUT2D eigenvalue weighted by atomic mass is 16.6. The number of nitrogens with one attached hydrogen (secondary N) is 1. The first kappa shape index (κ1) is 27.7. The molecule has 2 unspecified atom stereocenters. The first-order chi connectivity index (χ1) is 19.0. The molecule has 40 heavy (non-hydrogen) atoms. The van der Waals surface area contributed by atoms with Gasteiger partial charge in [0, 0.05) is 40.7 Å². The van der Waals surface area contributed by atoms with Crippen LogP contribution in [0.15, 0.2) is 75.7 Å². The summed E-state index contributed by atoms with van der Waals surface area (Å²) in [6.07, 6.45) is 0. The number of non-ortho nitro benzene ring substituents is 1. The fourth-order valence-electron chi connectivity index (χ4n) is 4.80. The normalized spacial score (nSPS) is 16.5. The lowest BCUT2D eigenvalue weighted by atomic mass is 9.75. The van der Waals surface area contributed by atoms with Crippen molar-refractivity contribution in [2.45, 2.75) is 26.7 Å². The number of esters is 2. The van der Waals surface area contributed by atoms with E-state index in [9.17, 15) is 29.8 Å². The van der Waals surface area contributed by atoms with Crippen LogP contribution in [0.25, 0.3) is 11.1 Å². The predicted octanol–water partition coefficient (Wildman–Crippen LogP) is 4.36. The van der Waals surface area contributed by atoms with Crippen LogP contribution in [0.1, 0.15) is 36.6 Å². The van der Waals surface area contributed by atoms with Gasteiger partial charge in [0.15, 0.2) is 0 Å². The van der Waals surface area contributed by atoms with Crippen molar-refractivity contribution in [3.63, 3.8) is 0 Å². The van der Waals surface area contributed by atoms with Crippen LogP contribution in [0.5, 0.6) is 5.75 Å². The first-order valence-electron chi connectivity index (χ1n) is 12.1. The highest BCUT2D eigenvalue weighted by Crippen LogP contribution is 2.41. The lowest BCUT2D eigenvalue weighted by Gasteiger charge is -2.31. The number of aryl methyl sites for hydroxylation is 1. The van der Waals surface area contributed by atoms with E-state index in [1.165, 1.54) is 31.4 Å². The highest BCUT2D eigenvalue weighted by Gasteiger charge is 2.42. The van der Waals surface area contributed by atoms with Crippen molar-refractivity contribution >= 4 is 23.3 Å². The van der Waals surface area contributed by atoms with Crippen LogP contribution in [0.4, 0.5) is 5.69 Å². The molecule has 11 heteroatoms. The molecule has 0 saturated heterocycles. The van der Waals surface area contributed by atoms with Crippen LogP contribution >= 0.6 is 0 Å². The average molecular weight is 541 g/mol. The Hall–Kier alpha value is -5.37. The minimum Gasteiger partial charge on any atom is -0.468 e. The maximum Gasteiger partial charge on any atom is 0.341 e. The van der Waals surface area contributed by atoms with Crippen LogP contribution in [-0.2, 0) is 14.3 Å². The molecule has 0 amide bonds. The Balaban J connectivity index is 1.71. The number of nitro groups is 1. The number of nitriles is 1. The van der Waals surface area contributed by atoms with Crippen molar-refractivity contribution < 1.29 is 24.0 Å². The van der Waals surface area contributed by atoms with E-state index in [0.717, 1.165) is 0 Å². The van der Waals surface area contributed by atoms with Crippen molar-refractivity contribution in [3.8, 4) is 22.9 Å². The number of rotatable bonds is 6. The molecule has 2 atom stereocenters. The SMILES string of the molecule is COC(=O)C1C(C)=NC(C)=C(C(=O)Oc2ccc(-c3cc(C#N)c(=O)[nH]c3C)cc2)C1c1cccc([N+](=O)[O-])c1. The number of aromatic nitrogens is 1. The third-order valence-corrected chi connectivity index (χ3v) is 6.68. The summed E-state index contributed by atoms with van der Waals surface area (Å²) in [7, 11) is 1.22. The number of hydrogen-bond acceptors (Lipinski definition) is 9. The molecular formula is C29H24N4O7. The molecule has 11 nitrogen and oxygen atoms in total. The third kappa shape index (κ3) is 5.28. The highest BCUT2D eigenvalue weighted by molar-refractivity contribution is 6.07. The molecule has 0 spiro atoms. The zero-order valence-corrected chi connectivity index (χ0v) is 22.1. The Morgan fingerprint density at radius 2 is 1.80 bits per heavy atom. The van der Waals surface area contributed by atoms with E-state index in [4.69, 9.17) is 9.47 Å². The Morgan fingerprint density at radius 1 is 1.10 bits per heavy atom. The van der Waals surface area contributed by atoms with Gasteiger partial charge in [-0.3, -0.25) is 24.7 Å². The second-order valence-corrected chi connectivity index (χ2v) is 9.16. The summed E-state index contributed by atoms with van der Waals surface area (Å²) in [5, 5.41) is 20.6. The molecule has 1 aliphatic heterocycles. The van der Waals surface area contributed by atoms with Crippen LogP contribution in [-0.4, -0.2) is 34.7 Å². The number of H-pyrrole nitrogens is 1. The number of aliphatic imine (C=N–C) groups is 1. The van der Waals surface area contributed by atoms with Gasteiger partial charge in [-0.15, -0.1) is 0 Å². The number of hydrogen-bond donors (Lipinski definition) is 1. The Morgan fingerprint density at radius 3 is 2.42 bits per heavy atom. The number of benzene rings is 2. The second-order valence-electron chi connectivity index (χ2n) is 9.16. The maximum absolute atomic E-state index is 13.6. The van der Waals surface area contributed by atoms with Crippen LogP contribution in [0.2, 0.25) is 0 Å². The molecule has 4 rings (SSSR count). The Labute approximate surface area is 228 Å². The van der Waals surface area contributed by atoms with Crippen LogP contribution < -0.4 is 10.3 Å². The average Bonchev–Trinajstić information content (AvgIpc) is 2.93. The molecule has 1 aliphatic rings. The Bertz CT molecular complexity index is 1690. The summed E-state index contributed by atoms with van der Waals surface area (Å²) < 4.78 is 10.7. The summed E-state index contributed by atoms with van der Waals surface area (Å²) in [6, 6.07) is 15.5. The molecule has 0 bridgehead atoms. The fourth-order valence-corrected chi connectivity index (χ4v) is 4.80. The van der Waals surface area contributed by atoms with Gasteiger partial charge < -0.3 is 14.5 Å². The summed E-state index contributed by atoms with van der Waals surface area (Å²) in [5.41, 5.74) is 2.32. The van der Waals surface area contributed by atoms with E-state index in [2.05, 4.69) is 9.98 Å². The van der Waals surface area contributed by atoms with Gasteiger partial charge in [0.25, 0.3) is 11.2 Å². The summed E-state index contributed by atoms with van der Waals surface area (Å²) >= 11 is 0. The van der Waals surface area contributed by atoms with Crippen molar-refractivity contribution in [1.82, 2.24) is 4.98 Å². The van der Waals surface area contributed by atoms with Crippen molar-refractivity contribution in [2.75, 3.05) is 7.11 Å². The van der Waals surface area contributed by atoms with Gasteiger partial charge in [-0.2, -0.15) is 5.26 Å². The number of nitrogens with zero attached hydrogens (tertiary/aromatic N) is 3. The molecule has 2 aromatic carbocycles. The van der Waals surface area contributed by atoms with Gasteiger partial charge in [0.2, 0.25) is 0 Å². The Kier molecular flexibility index (Phi) is 7.72. The van der Waals surface area contributed by atoms with E-state index in [1.54, 1.807) is 51.1 Å². The van der Waals surface area contributed by atoms with E-state index >= 15 is 0 Å². The van der Waals surface area contributed by atoms with Crippen molar-refractivity contribution in [2.24, 2.45) is 10.9 Å². The zero-order valence-electron chi connectivity index (χ0n) is 22.1. The van der Waals surface area contributed by atoms with Crippen molar-refractivity contribution in [1.29, 1.82) is 5.26 Å². The topological polar surface area (TPSA) is 165 Å². The lowest BCUT2D eigenvalue weighted by molar-refractivity contribution is -0.384. The molecule has 0 saturated carbocycles. The van der Waals surface area contributed by atoms with Gasteiger partial charge in [-0.05, 0) is 50.1 Å². The second kappa shape index (κ2) is 11.2. The van der Waals surface area contributed by atoms with Crippen LogP contribution in [0.3, 0.4) is 0 Å². The van der Waals surface area contributed by atoms with E-state index in [1.807, 2.05) is 6.07 Å². The van der Waals surface area contributed by atoms with Gasteiger partial charge in [0.1, 0.15) is 23.3 Å². The van der Waals surface area contributed by atoms with E-state index in [-0.39, 0.29) is 22.6 Å². The molecule has 3 aromatic rings. The van der Waals surface area contributed by atoms with Crippen molar-refractivity contribution in [3.05, 3.63) is 103 Å². The number of carbonyl (C=O) groups excluding carboxylic acids is 2. The minimum absolute atomic E-state index is 0.0287. The molecule has 0 radical (unpaired) electrons. The standard InChI is InChI=1S/C29H24N4O7/c1-15-23(13-20(14-30)27(34)32-15)18-8-10-22(11-9-18)40-29(36)25-17(3)31-16(2)24(28(35)39-4)26(25)19-6-5-7-21(12-19)33(37)38/h5-13,24,26H,1-4H3,(H,32,34). The summed E-state index contributed by atoms with van der Waals surface area (Å²) in [4.78, 5) is 56.2. The number of pyridine rings is 1. The number of ether oxygens (including phenoxy) is 2. The van der Waals surface area contributed by atoms with E-state index in [0.29, 0.717) is 33.8 Å². The van der Waals surface area contributed by atoms with Gasteiger partial charge >= 0.3 is 11.9 Å². The molecule has 0 aliphatic carbocycles. The molecule has 1 N–H and O–H groups in total. The monoisotopic (exact) mass is 540 g/mol. The number of aromatic amines is 1.